The van der Waals surface area contributed by atoms with Gasteiger partial charge in [-0.1, -0.05) is 30.3 Å². The molecule has 0 aromatic heterocycles. The molecule has 0 saturated carbocycles. The van der Waals surface area contributed by atoms with Gasteiger partial charge in [0.15, 0.2) is 18.1 Å². The van der Waals surface area contributed by atoms with Crippen LogP contribution in [0.1, 0.15) is 24.4 Å². The summed E-state index contributed by atoms with van der Waals surface area (Å²) in [6.07, 6.45) is -2.22. The van der Waals surface area contributed by atoms with Gasteiger partial charge in [0.25, 0.3) is 0 Å². The van der Waals surface area contributed by atoms with E-state index in [1.54, 1.807) is 0 Å². The first-order valence-corrected chi connectivity index (χ1v) is 10.1. The van der Waals surface area contributed by atoms with Gasteiger partial charge in [-0.15, -0.1) is 0 Å². The minimum atomic E-state index is -4.48. The molecule has 9 heteroatoms. The molecule has 1 saturated heterocycles. The lowest BCUT2D eigenvalue weighted by Crippen LogP contribution is -2.38. The quantitative estimate of drug-likeness (QED) is 0.634. The van der Waals surface area contributed by atoms with Crippen LogP contribution in [0.4, 0.5) is 23.7 Å². The molecule has 2 amide bonds. The molecule has 3 rings (SSSR count). The van der Waals surface area contributed by atoms with Crippen molar-refractivity contribution in [3.8, 4) is 11.5 Å². The average molecular weight is 437 g/mol. The van der Waals surface area contributed by atoms with E-state index in [2.05, 4.69) is 15.5 Å². The molecule has 1 atom stereocenters. The summed E-state index contributed by atoms with van der Waals surface area (Å²) >= 11 is 0. The molecule has 1 aliphatic heterocycles. The summed E-state index contributed by atoms with van der Waals surface area (Å²) in [4.78, 5) is 14.8. The Balaban J connectivity index is 1.62. The number of hydrogen-bond donors (Lipinski definition) is 2. The lowest BCUT2D eigenvalue weighted by molar-refractivity contribution is -0.153. The van der Waals surface area contributed by atoms with Crippen molar-refractivity contribution in [3.05, 3.63) is 54.1 Å². The van der Waals surface area contributed by atoms with Crippen LogP contribution in [-0.4, -0.2) is 50.5 Å². The van der Waals surface area contributed by atoms with Gasteiger partial charge in [-0.05, 0) is 43.6 Å². The Hall–Kier alpha value is -2.94. The number of nitrogens with one attached hydrogen (secondary N) is 2. The summed E-state index contributed by atoms with van der Waals surface area (Å²) in [7, 11) is 1.33. The third kappa shape index (κ3) is 6.78. The Morgan fingerprint density at radius 1 is 1.10 bits per heavy atom. The van der Waals surface area contributed by atoms with Gasteiger partial charge in [-0.25, -0.2) is 4.79 Å². The van der Waals surface area contributed by atoms with Crippen molar-refractivity contribution < 1.29 is 27.4 Å². The molecule has 2 N–H and O–H groups in total. The number of rotatable bonds is 8. The van der Waals surface area contributed by atoms with E-state index in [1.807, 2.05) is 30.3 Å². The fraction of sp³-hybridized carbons (Fsp3) is 0.409. The van der Waals surface area contributed by atoms with Crippen LogP contribution in [0.2, 0.25) is 0 Å². The average Bonchev–Trinajstić information content (AvgIpc) is 3.27. The third-order valence-electron chi connectivity index (χ3n) is 5.03. The predicted octanol–water partition coefficient (Wildman–Crippen LogP) is 4.59. The number of benzene rings is 2. The summed E-state index contributed by atoms with van der Waals surface area (Å²) in [6, 6.07) is 13.9. The second-order valence-corrected chi connectivity index (χ2v) is 7.27. The van der Waals surface area contributed by atoms with Crippen molar-refractivity contribution in [3.63, 3.8) is 0 Å². The highest BCUT2D eigenvalue weighted by molar-refractivity contribution is 5.89. The van der Waals surface area contributed by atoms with Gasteiger partial charge in [0.05, 0.1) is 13.2 Å². The molecule has 1 heterocycles. The van der Waals surface area contributed by atoms with Gasteiger partial charge in [0.2, 0.25) is 0 Å². The first-order valence-electron chi connectivity index (χ1n) is 10.1. The van der Waals surface area contributed by atoms with Crippen LogP contribution in [0.5, 0.6) is 11.5 Å². The van der Waals surface area contributed by atoms with E-state index >= 15 is 0 Å². The number of methoxy groups -OCH3 is 1. The number of nitrogens with zero attached hydrogens (tertiary/aromatic N) is 1. The molecule has 1 fully saturated rings. The normalized spacial score (nSPS) is 15.4. The molecular weight excluding hydrogens is 411 g/mol. The molecule has 168 valence electrons. The number of hydrogen-bond acceptors (Lipinski definition) is 4. The van der Waals surface area contributed by atoms with E-state index in [9.17, 15) is 18.0 Å². The molecule has 1 aliphatic rings. The summed E-state index contributed by atoms with van der Waals surface area (Å²) in [5, 5.41) is 5.51. The molecule has 0 radical (unpaired) electrons. The zero-order chi connectivity index (χ0) is 22.3. The van der Waals surface area contributed by atoms with E-state index in [0.717, 1.165) is 31.5 Å². The number of amides is 2. The van der Waals surface area contributed by atoms with E-state index in [-0.39, 0.29) is 17.5 Å². The summed E-state index contributed by atoms with van der Waals surface area (Å²) in [5.41, 5.74) is 1.42. The number of carbonyl (C=O) groups is 1. The van der Waals surface area contributed by atoms with Gasteiger partial charge >= 0.3 is 12.2 Å². The largest absolute Gasteiger partial charge is 0.493 e. The zero-order valence-electron chi connectivity index (χ0n) is 17.2. The lowest BCUT2D eigenvalue weighted by atomic mass is 10.1. The number of alkyl halides is 3. The number of ether oxygens (including phenoxy) is 2. The van der Waals surface area contributed by atoms with Gasteiger partial charge in [-0.3, -0.25) is 4.90 Å². The van der Waals surface area contributed by atoms with E-state index in [4.69, 9.17) is 9.47 Å². The van der Waals surface area contributed by atoms with Crippen molar-refractivity contribution >= 4 is 11.7 Å². The zero-order valence-corrected chi connectivity index (χ0v) is 17.2. The summed E-state index contributed by atoms with van der Waals surface area (Å²) < 4.78 is 47.3. The highest BCUT2D eigenvalue weighted by atomic mass is 19.4. The Morgan fingerprint density at radius 3 is 2.45 bits per heavy atom. The Kier molecular flexibility index (Phi) is 7.62. The fourth-order valence-electron chi connectivity index (χ4n) is 3.58. The van der Waals surface area contributed by atoms with Crippen LogP contribution in [0, 0.1) is 0 Å². The topological polar surface area (TPSA) is 62.8 Å². The predicted molar refractivity (Wildman–Crippen MR) is 112 cm³/mol. The van der Waals surface area contributed by atoms with Gasteiger partial charge in [-0.2, -0.15) is 13.2 Å². The van der Waals surface area contributed by atoms with Crippen LogP contribution < -0.4 is 20.1 Å². The SMILES string of the molecule is COc1ccc(NC(=O)NCC(c2ccccc2)N2CCCC2)cc1OCC(F)(F)F. The van der Waals surface area contributed by atoms with Crippen molar-refractivity contribution in [2.45, 2.75) is 25.1 Å². The van der Waals surface area contributed by atoms with Gasteiger partial charge in [0, 0.05) is 18.3 Å². The first-order chi connectivity index (χ1) is 14.9. The standard InChI is InChI=1S/C22H26F3N3O3/c1-30-19-10-9-17(13-20(19)31-15-22(23,24)25)27-21(29)26-14-18(28-11-5-6-12-28)16-7-3-2-4-8-16/h2-4,7-10,13,18H,5-6,11-12,14-15H2,1H3,(H2,26,27,29). The van der Waals surface area contributed by atoms with E-state index in [0.29, 0.717) is 12.2 Å². The van der Waals surface area contributed by atoms with Crippen LogP contribution in [0.15, 0.2) is 48.5 Å². The maximum Gasteiger partial charge on any atom is 0.422 e. The van der Waals surface area contributed by atoms with Crippen LogP contribution in [0.25, 0.3) is 0 Å². The number of halogens is 3. The Labute approximate surface area is 179 Å². The van der Waals surface area contributed by atoms with E-state index < -0.39 is 18.8 Å². The number of urea groups is 1. The maximum absolute atomic E-state index is 12.5. The Morgan fingerprint density at radius 2 is 1.81 bits per heavy atom. The molecule has 6 nitrogen and oxygen atoms in total. The lowest BCUT2D eigenvalue weighted by Gasteiger charge is -2.28. The first kappa shape index (κ1) is 22.7. The minimum absolute atomic E-state index is 0.0518. The van der Waals surface area contributed by atoms with Crippen LogP contribution >= 0.6 is 0 Å². The molecule has 1 unspecified atom stereocenters. The molecule has 0 aliphatic carbocycles. The second-order valence-electron chi connectivity index (χ2n) is 7.27. The van der Waals surface area contributed by atoms with E-state index in [1.165, 1.54) is 25.3 Å². The van der Waals surface area contributed by atoms with Crippen LogP contribution in [-0.2, 0) is 0 Å². The van der Waals surface area contributed by atoms with Crippen molar-refractivity contribution in [2.24, 2.45) is 0 Å². The van der Waals surface area contributed by atoms with Crippen molar-refractivity contribution in [1.82, 2.24) is 10.2 Å². The molecule has 31 heavy (non-hydrogen) atoms. The fourth-order valence-corrected chi connectivity index (χ4v) is 3.58. The van der Waals surface area contributed by atoms with Gasteiger partial charge < -0.3 is 20.1 Å². The minimum Gasteiger partial charge on any atom is -0.493 e. The smallest absolute Gasteiger partial charge is 0.422 e. The third-order valence-corrected chi connectivity index (χ3v) is 5.03. The number of likely N-dealkylation sites (tertiary alicyclic amines) is 1. The maximum atomic E-state index is 12.5. The van der Waals surface area contributed by atoms with Crippen molar-refractivity contribution in [2.75, 3.05) is 38.7 Å². The van der Waals surface area contributed by atoms with Gasteiger partial charge in [0.1, 0.15) is 0 Å². The molecule has 0 spiro atoms. The van der Waals surface area contributed by atoms with Crippen molar-refractivity contribution in [1.29, 1.82) is 0 Å². The Bertz CT molecular complexity index is 856. The molecular formula is C22H26F3N3O3. The molecule has 2 aromatic rings. The summed E-state index contributed by atoms with van der Waals surface area (Å²) in [6.45, 7) is 0.902. The monoisotopic (exact) mass is 437 g/mol. The second kappa shape index (κ2) is 10.4. The number of carbonyl (C=O) groups excluding carboxylic acids is 1. The molecule has 0 bridgehead atoms. The molecule has 2 aromatic carbocycles. The number of anilines is 1. The van der Waals surface area contributed by atoms with Crippen LogP contribution in [0.3, 0.4) is 0 Å². The highest BCUT2D eigenvalue weighted by Gasteiger charge is 2.29. The summed E-state index contributed by atoms with van der Waals surface area (Å²) in [5.74, 6) is 0.0465. The highest BCUT2D eigenvalue weighted by Crippen LogP contribution is 2.31.